The third-order valence-corrected chi connectivity index (χ3v) is 2.99. The number of carboxylic acid groups (broad SMARTS) is 1. The van der Waals surface area contributed by atoms with E-state index in [0.717, 1.165) is 21.5 Å². The minimum absolute atomic E-state index is 0. The Kier molecular flexibility index (Phi) is 3.71. The first-order chi connectivity index (χ1) is 8.27. The molecular weight excluding hydrogens is 235 g/mol. The molecule has 18 heavy (non-hydrogen) atoms. The van der Waals surface area contributed by atoms with Crippen LogP contribution in [-0.2, 0) is 0 Å². The minimum atomic E-state index is -0.877. The zero-order chi connectivity index (χ0) is 11.8. The van der Waals surface area contributed by atoms with Crippen LogP contribution in [-0.4, -0.2) is 40.6 Å². The summed E-state index contributed by atoms with van der Waals surface area (Å²) in [4.78, 5) is 11.4. The fourth-order valence-electron chi connectivity index (χ4n) is 2.24. The van der Waals surface area contributed by atoms with Crippen LogP contribution >= 0.6 is 0 Å². The number of fused-ring (bicyclic) bond motifs is 2. The molecule has 3 rings (SSSR count). The summed E-state index contributed by atoms with van der Waals surface area (Å²) in [6.07, 6.45) is 0. The molecule has 0 aliphatic carbocycles. The van der Waals surface area contributed by atoms with Gasteiger partial charge < -0.3 is 5.11 Å². The van der Waals surface area contributed by atoms with Gasteiger partial charge in [0.25, 0.3) is 0 Å². The molecule has 0 spiro atoms. The van der Waals surface area contributed by atoms with Gasteiger partial charge in [0, 0.05) is 0 Å². The van der Waals surface area contributed by atoms with E-state index in [1.807, 2.05) is 54.6 Å². The summed E-state index contributed by atoms with van der Waals surface area (Å²) in [5.74, 6) is -0.877. The normalized spacial score (nSPS) is 10.2. The molecule has 1 N–H and O–H groups in total. The zero-order valence-electron chi connectivity index (χ0n) is 9.05. The van der Waals surface area contributed by atoms with Crippen LogP contribution in [0.25, 0.3) is 21.5 Å². The third kappa shape index (κ3) is 2.03. The molecule has 0 atom stereocenters. The van der Waals surface area contributed by atoms with Gasteiger partial charge in [-0.15, -0.1) is 0 Å². The number of hydrogen-bond acceptors (Lipinski definition) is 1. The third-order valence-electron chi connectivity index (χ3n) is 2.99. The standard InChI is InChI=1S/C15H10O2.Na.H/c16-15(17)14-12-7-3-1-5-10(12)9-11-6-2-4-8-13(11)14;;/h1-9H,(H,16,17);;. The Morgan fingerprint density at radius 3 is 1.72 bits per heavy atom. The van der Waals surface area contributed by atoms with Crippen molar-refractivity contribution >= 4 is 57.1 Å². The van der Waals surface area contributed by atoms with Gasteiger partial charge in [0.1, 0.15) is 0 Å². The van der Waals surface area contributed by atoms with Crippen LogP contribution in [0.3, 0.4) is 0 Å². The van der Waals surface area contributed by atoms with E-state index in [1.54, 1.807) is 0 Å². The van der Waals surface area contributed by atoms with E-state index >= 15 is 0 Å². The number of carbonyl (C=O) groups is 1. The second-order valence-corrected chi connectivity index (χ2v) is 4.00. The average molecular weight is 246 g/mol. The van der Waals surface area contributed by atoms with Gasteiger partial charge >= 0.3 is 35.5 Å². The van der Waals surface area contributed by atoms with Gasteiger partial charge in [-0.3, -0.25) is 0 Å². The molecule has 0 aliphatic rings. The summed E-state index contributed by atoms with van der Waals surface area (Å²) in [7, 11) is 0. The molecule has 0 aliphatic heterocycles. The molecule has 0 heterocycles. The van der Waals surface area contributed by atoms with E-state index in [1.165, 1.54) is 0 Å². The molecule has 0 saturated heterocycles. The van der Waals surface area contributed by atoms with Crippen molar-refractivity contribution < 1.29 is 9.90 Å². The van der Waals surface area contributed by atoms with Gasteiger partial charge in [-0.25, -0.2) is 4.79 Å². The monoisotopic (exact) mass is 246 g/mol. The van der Waals surface area contributed by atoms with Gasteiger partial charge in [-0.1, -0.05) is 48.5 Å². The van der Waals surface area contributed by atoms with Crippen molar-refractivity contribution in [3.63, 3.8) is 0 Å². The molecule has 0 unspecified atom stereocenters. The fraction of sp³-hybridized carbons (Fsp3) is 0. The van der Waals surface area contributed by atoms with Crippen molar-refractivity contribution in [2.24, 2.45) is 0 Å². The molecule has 0 bridgehead atoms. The van der Waals surface area contributed by atoms with Crippen LogP contribution in [0.15, 0.2) is 54.6 Å². The van der Waals surface area contributed by atoms with Gasteiger partial charge in [0.2, 0.25) is 0 Å². The molecule has 84 valence electrons. The van der Waals surface area contributed by atoms with E-state index in [2.05, 4.69) is 0 Å². The first-order valence-electron chi connectivity index (χ1n) is 5.41. The predicted molar refractivity (Wildman–Crippen MR) is 75.6 cm³/mol. The summed E-state index contributed by atoms with van der Waals surface area (Å²) >= 11 is 0. The van der Waals surface area contributed by atoms with E-state index in [-0.39, 0.29) is 29.6 Å². The maximum atomic E-state index is 11.4. The number of carboxylic acids is 1. The van der Waals surface area contributed by atoms with Crippen molar-refractivity contribution in [3.8, 4) is 0 Å². The van der Waals surface area contributed by atoms with E-state index in [0.29, 0.717) is 5.56 Å². The van der Waals surface area contributed by atoms with Gasteiger partial charge in [-0.05, 0) is 27.6 Å². The van der Waals surface area contributed by atoms with Crippen LogP contribution in [0.1, 0.15) is 10.4 Å². The van der Waals surface area contributed by atoms with Crippen LogP contribution in [0, 0.1) is 0 Å². The Bertz CT molecular complexity index is 681. The van der Waals surface area contributed by atoms with Crippen LogP contribution < -0.4 is 0 Å². The van der Waals surface area contributed by atoms with E-state index in [9.17, 15) is 9.90 Å². The maximum absolute atomic E-state index is 11.4. The predicted octanol–water partition coefficient (Wildman–Crippen LogP) is 3.04. The Morgan fingerprint density at radius 1 is 0.833 bits per heavy atom. The summed E-state index contributed by atoms with van der Waals surface area (Å²) in [5.41, 5.74) is 0.388. The molecular formula is C15H11NaO2. The van der Waals surface area contributed by atoms with Crippen molar-refractivity contribution in [2.45, 2.75) is 0 Å². The van der Waals surface area contributed by atoms with Gasteiger partial charge in [0.05, 0.1) is 5.56 Å². The number of benzene rings is 3. The molecule has 0 fully saturated rings. The molecule has 3 heteroatoms. The topological polar surface area (TPSA) is 37.3 Å². The Balaban J connectivity index is 0.00000120. The first-order valence-corrected chi connectivity index (χ1v) is 5.41. The molecule has 0 amide bonds. The summed E-state index contributed by atoms with van der Waals surface area (Å²) in [5, 5.41) is 12.9. The summed E-state index contributed by atoms with van der Waals surface area (Å²) in [6.45, 7) is 0. The summed E-state index contributed by atoms with van der Waals surface area (Å²) in [6, 6.07) is 17.2. The average Bonchev–Trinajstić information content (AvgIpc) is 2.35. The Hall–Kier alpha value is -1.35. The molecule has 3 aromatic carbocycles. The summed E-state index contributed by atoms with van der Waals surface area (Å²) < 4.78 is 0. The fourth-order valence-corrected chi connectivity index (χ4v) is 2.24. The number of hydrogen-bond donors (Lipinski definition) is 1. The van der Waals surface area contributed by atoms with Gasteiger partial charge in [-0.2, -0.15) is 0 Å². The van der Waals surface area contributed by atoms with Crippen molar-refractivity contribution in [2.75, 3.05) is 0 Å². The van der Waals surface area contributed by atoms with Crippen molar-refractivity contribution in [3.05, 3.63) is 60.2 Å². The van der Waals surface area contributed by atoms with Crippen LogP contribution in [0.4, 0.5) is 0 Å². The van der Waals surface area contributed by atoms with Crippen molar-refractivity contribution in [1.29, 1.82) is 0 Å². The Morgan fingerprint density at radius 2 is 1.28 bits per heavy atom. The molecule has 3 aromatic rings. The second kappa shape index (κ2) is 5.11. The first kappa shape index (κ1) is 13.1. The zero-order valence-corrected chi connectivity index (χ0v) is 9.05. The quantitative estimate of drug-likeness (QED) is 0.529. The van der Waals surface area contributed by atoms with E-state index < -0.39 is 5.97 Å². The molecule has 0 saturated carbocycles. The van der Waals surface area contributed by atoms with E-state index in [4.69, 9.17) is 0 Å². The number of rotatable bonds is 1. The molecule has 0 aromatic heterocycles. The van der Waals surface area contributed by atoms with Crippen LogP contribution in [0.2, 0.25) is 0 Å². The van der Waals surface area contributed by atoms with Gasteiger partial charge in [0.15, 0.2) is 0 Å². The molecule has 2 nitrogen and oxygen atoms in total. The SMILES string of the molecule is O=C(O)c1c2ccccc2cc2ccccc12.[NaH]. The second-order valence-electron chi connectivity index (χ2n) is 4.00. The molecule has 0 radical (unpaired) electrons. The number of aromatic carboxylic acids is 1. The van der Waals surface area contributed by atoms with Crippen molar-refractivity contribution in [1.82, 2.24) is 0 Å². The Labute approximate surface area is 127 Å². The van der Waals surface area contributed by atoms with Crippen LogP contribution in [0.5, 0.6) is 0 Å².